The zero-order chi connectivity index (χ0) is 13.7. The minimum absolute atomic E-state index is 0.506. The van der Waals surface area contributed by atoms with Crippen molar-refractivity contribution in [3.8, 4) is 0 Å². The molecular formula is C15H21Cl2NS. The molecule has 19 heavy (non-hydrogen) atoms. The quantitative estimate of drug-likeness (QED) is 0.847. The van der Waals surface area contributed by atoms with Crippen LogP contribution in [0.2, 0.25) is 10.0 Å². The zero-order valence-corrected chi connectivity index (χ0v) is 13.6. The average Bonchev–Trinajstić information content (AvgIpc) is 2.42. The maximum absolute atomic E-state index is 6.26. The third kappa shape index (κ3) is 4.86. The fourth-order valence-electron chi connectivity index (χ4n) is 2.64. The number of thioether (sulfide) groups is 1. The van der Waals surface area contributed by atoms with E-state index in [4.69, 9.17) is 23.2 Å². The lowest BCUT2D eigenvalue weighted by molar-refractivity contribution is 0.376. The predicted octanol–water partition coefficient (Wildman–Crippen LogP) is 4.66. The first-order chi connectivity index (χ1) is 9.19. The molecule has 0 aliphatic carbocycles. The molecule has 1 atom stereocenters. The summed E-state index contributed by atoms with van der Waals surface area (Å²) in [5.41, 5.74) is 1.19. The topological polar surface area (TPSA) is 12.0 Å². The van der Waals surface area contributed by atoms with E-state index >= 15 is 0 Å². The summed E-state index contributed by atoms with van der Waals surface area (Å²) < 4.78 is 0. The molecule has 1 saturated heterocycles. The van der Waals surface area contributed by atoms with E-state index in [0.717, 1.165) is 17.4 Å². The summed E-state index contributed by atoms with van der Waals surface area (Å²) in [6.45, 7) is 0. The fourth-order valence-corrected chi connectivity index (χ4v) is 4.33. The van der Waals surface area contributed by atoms with Gasteiger partial charge in [0.1, 0.15) is 0 Å². The number of benzene rings is 1. The maximum atomic E-state index is 6.26. The second-order valence-electron chi connectivity index (χ2n) is 5.22. The summed E-state index contributed by atoms with van der Waals surface area (Å²) in [7, 11) is 2.05. The molecule has 106 valence electrons. The van der Waals surface area contributed by atoms with E-state index in [0.29, 0.717) is 11.1 Å². The van der Waals surface area contributed by atoms with Crippen molar-refractivity contribution in [1.82, 2.24) is 5.32 Å². The highest BCUT2D eigenvalue weighted by Gasteiger charge is 2.19. The summed E-state index contributed by atoms with van der Waals surface area (Å²) >= 11 is 14.3. The van der Waals surface area contributed by atoms with Crippen LogP contribution in [0.1, 0.15) is 24.8 Å². The van der Waals surface area contributed by atoms with Gasteiger partial charge in [-0.05, 0) is 67.9 Å². The highest BCUT2D eigenvalue weighted by molar-refractivity contribution is 7.99. The second-order valence-corrected chi connectivity index (χ2v) is 7.29. The van der Waals surface area contributed by atoms with Crippen LogP contribution in [0.25, 0.3) is 0 Å². The molecule has 0 radical (unpaired) electrons. The van der Waals surface area contributed by atoms with E-state index < -0.39 is 0 Å². The molecule has 1 fully saturated rings. The van der Waals surface area contributed by atoms with Crippen LogP contribution in [0.5, 0.6) is 0 Å². The van der Waals surface area contributed by atoms with Crippen LogP contribution < -0.4 is 5.32 Å². The first kappa shape index (κ1) is 15.5. The highest BCUT2D eigenvalue weighted by Crippen LogP contribution is 2.28. The van der Waals surface area contributed by atoms with Gasteiger partial charge in [0.25, 0.3) is 0 Å². The normalized spacial score (nSPS) is 18.5. The molecule has 4 heteroatoms. The highest BCUT2D eigenvalue weighted by atomic mass is 35.5. The zero-order valence-electron chi connectivity index (χ0n) is 11.3. The van der Waals surface area contributed by atoms with Crippen molar-refractivity contribution < 1.29 is 0 Å². The molecule has 1 aliphatic heterocycles. The minimum atomic E-state index is 0.506. The molecular weight excluding hydrogens is 297 g/mol. The number of hydrogen-bond acceptors (Lipinski definition) is 2. The smallest absolute Gasteiger partial charge is 0.0453 e. The van der Waals surface area contributed by atoms with E-state index in [1.54, 1.807) is 0 Å². The van der Waals surface area contributed by atoms with Crippen LogP contribution in [0.15, 0.2) is 18.2 Å². The van der Waals surface area contributed by atoms with Gasteiger partial charge in [0.15, 0.2) is 0 Å². The molecule has 2 rings (SSSR count). The van der Waals surface area contributed by atoms with Gasteiger partial charge in [-0.1, -0.05) is 29.3 Å². The number of hydrogen-bond donors (Lipinski definition) is 1. The summed E-state index contributed by atoms with van der Waals surface area (Å²) in [6, 6.07) is 6.31. The summed E-state index contributed by atoms with van der Waals surface area (Å²) in [6.07, 6.45) is 4.94. The van der Waals surface area contributed by atoms with Crippen molar-refractivity contribution in [1.29, 1.82) is 0 Å². The first-order valence-corrected chi connectivity index (χ1v) is 8.79. The van der Waals surface area contributed by atoms with Gasteiger partial charge in [-0.15, -0.1) is 0 Å². The Labute approximate surface area is 130 Å². The van der Waals surface area contributed by atoms with E-state index in [1.165, 1.54) is 36.3 Å². The largest absolute Gasteiger partial charge is 0.317 e. The van der Waals surface area contributed by atoms with E-state index in [9.17, 15) is 0 Å². The third-order valence-electron chi connectivity index (χ3n) is 3.85. The van der Waals surface area contributed by atoms with E-state index in [2.05, 4.69) is 17.1 Å². The Kier molecular flexibility index (Phi) is 6.34. The lowest BCUT2D eigenvalue weighted by Gasteiger charge is -2.26. The Morgan fingerprint density at radius 1 is 1.32 bits per heavy atom. The van der Waals surface area contributed by atoms with Crippen LogP contribution in [0.3, 0.4) is 0 Å². The number of nitrogens with one attached hydrogen (secondary N) is 1. The predicted molar refractivity (Wildman–Crippen MR) is 87.7 cm³/mol. The van der Waals surface area contributed by atoms with Crippen molar-refractivity contribution in [2.75, 3.05) is 18.6 Å². The minimum Gasteiger partial charge on any atom is -0.317 e. The molecule has 1 N–H and O–H groups in total. The average molecular weight is 318 g/mol. The van der Waals surface area contributed by atoms with Gasteiger partial charge in [-0.3, -0.25) is 0 Å². The molecule has 1 nitrogen and oxygen atoms in total. The van der Waals surface area contributed by atoms with Gasteiger partial charge in [0.05, 0.1) is 0 Å². The van der Waals surface area contributed by atoms with Crippen LogP contribution in [0, 0.1) is 5.92 Å². The molecule has 1 aromatic rings. The standard InChI is InChI=1S/C15H21Cl2NS/c1-18-14(8-11-4-6-19-7-5-11)9-12-2-3-13(16)10-15(12)17/h2-3,10-11,14,18H,4-9H2,1H3. The molecule has 0 bridgehead atoms. The molecule has 1 unspecified atom stereocenters. The van der Waals surface area contributed by atoms with Gasteiger partial charge in [-0.25, -0.2) is 0 Å². The van der Waals surface area contributed by atoms with Crippen molar-refractivity contribution in [3.63, 3.8) is 0 Å². The van der Waals surface area contributed by atoms with Crippen LogP contribution in [0.4, 0.5) is 0 Å². The number of rotatable bonds is 5. The molecule has 0 saturated carbocycles. The fraction of sp³-hybridized carbons (Fsp3) is 0.600. The summed E-state index contributed by atoms with van der Waals surface area (Å²) in [5.74, 6) is 3.51. The Morgan fingerprint density at radius 3 is 2.68 bits per heavy atom. The van der Waals surface area contributed by atoms with Gasteiger partial charge in [0.2, 0.25) is 0 Å². The Hall–Kier alpha value is 0.110. The van der Waals surface area contributed by atoms with Crippen LogP contribution >= 0.6 is 35.0 Å². The van der Waals surface area contributed by atoms with E-state index in [1.807, 2.05) is 25.2 Å². The maximum Gasteiger partial charge on any atom is 0.0453 e. The first-order valence-electron chi connectivity index (χ1n) is 6.88. The third-order valence-corrected chi connectivity index (χ3v) is 5.48. The molecule has 1 aromatic carbocycles. The van der Waals surface area contributed by atoms with Gasteiger partial charge in [0, 0.05) is 16.1 Å². The van der Waals surface area contributed by atoms with E-state index in [-0.39, 0.29) is 0 Å². The Balaban J connectivity index is 1.94. The second kappa shape index (κ2) is 7.78. The van der Waals surface area contributed by atoms with Crippen molar-refractivity contribution >= 4 is 35.0 Å². The molecule has 0 spiro atoms. The molecule has 0 aromatic heterocycles. The van der Waals surface area contributed by atoms with Crippen molar-refractivity contribution in [3.05, 3.63) is 33.8 Å². The molecule has 1 heterocycles. The monoisotopic (exact) mass is 317 g/mol. The van der Waals surface area contributed by atoms with Crippen LogP contribution in [-0.4, -0.2) is 24.6 Å². The van der Waals surface area contributed by atoms with Crippen LogP contribution in [-0.2, 0) is 6.42 Å². The van der Waals surface area contributed by atoms with Crippen molar-refractivity contribution in [2.45, 2.75) is 31.7 Å². The van der Waals surface area contributed by atoms with Gasteiger partial charge < -0.3 is 5.32 Å². The van der Waals surface area contributed by atoms with Crippen molar-refractivity contribution in [2.24, 2.45) is 5.92 Å². The number of halogens is 2. The molecule has 1 aliphatic rings. The Morgan fingerprint density at radius 2 is 2.05 bits per heavy atom. The summed E-state index contributed by atoms with van der Waals surface area (Å²) in [5, 5.41) is 4.93. The van der Waals surface area contributed by atoms with Gasteiger partial charge in [-0.2, -0.15) is 11.8 Å². The molecule has 0 amide bonds. The summed E-state index contributed by atoms with van der Waals surface area (Å²) in [4.78, 5) is 0. The Bertz CT molecular complexity index is 405. The SMILES string of the molecule is CNC(Cc1ccc(Cl)cc1Cl)CC1CCSCC1. The lowest BCUT2D eigenvalue weighted by atomic mass is 9.91. The lowest BCUT2D eigenvalue weighted by Crippen LogP contribution is -2.31. The van der Waals surface area contributed by atoms with Gasteiger partial charge >= 0.3 is 0 Å². The number of likely N-dealkylation sites (N-methyl/N-ethyl adjacent to an activating group) is 1.